The molecule has 0 aromatic heterocycles. The summed E-state index contributed by atoms with van der Waals surface area (Å²) in [6, 6.07) is 19.4. The smallest absolute Gasteiger partial charge is 0.254 e. The van der Waals surface area contributed by atoms with Gasteiger partial charge in [-0.2, -0.15) is 0 Å². The molecule has 0 saturated carbocycles. The molecule has 2 aliphatic heterocycles. The molecule has 0 bridgehead atoms. The minimum Gasteiger partial charge on any atom is -0.494 e. The summed E-state index contributed by atoms with van der Waals surface area (Å²) in [7, 11) is 0. The maximum Gasteiger partial charge on any atom is 0.254 e. The van der Waals surface area contributed by atoms with Crippen molar-refractivity contribution in [3.8, 4) is 0 Å². The molecule has 0 fully saturated rings. The zero-order valence-corrected chi connectivity index (χ0v) is 42.6. The van der Waals surface area contributed by atoms with Gasteiger partial charge >= 0.3 is 0 Å². The minimum atomic E-state index is -0.720. The molecule has 9 atom stereocenters. The molecule has 4 aliphatic rings. The number of amides is 1. The van der Waals surface area contributed by atoms with Crippen molar-refractivity contribution in [2.75, 3.05) is 19.8 Å². The molecule has 2 aromatic rings. The fourth-order valence-corrected chi connectivity index (χ4v) is 10.2. The third-order valence-electron chi connectivity index (χ3n) is 13.2. The van der Waals surface area contributed by atoms with Gasteiger partial charge in [-0.05, 0) is 146 Å². The van der Waals surface area contributed by atoms with Crippen LogP contribution in [0.4, 0.5) is 0 Å². The zero-order valence-electron chi connectivity index (χ0n) is 41.7. The third kappa shape index (κ3) is 17.8. The van der Waals surface area contributed by atoms with Gasteiger partial charge in [-0.15, -0.1) is 13.2 Å². The van der Waals surface area contributed by atoms with Gasteiger partial charge in [0.15, 0.2) is 0 Å². The Bertz CT molecular complexity index is 2180. The van der Waals surface area contributed by atoms with Crippen molar-refractivity contribution in [2.24, 2.45) is 11.8 Å². The molecule has 0 radical (unpaired) electrons. The van der Waals surface area contributed by atoms with Crippen LogP contribution in [-0.2, 0) is 19.1 Å². The summed E-state index contributed by atoms with van der Waals surface area (Å²) in [5.74, 6) is 1.78. The molecular weight excluding hydrogens is 899 g/mol. The number of fused-ring (bicyclic) bond motifs is 2. The van der Waals surface area contributed by atoms with Crippen molar-refractivity contribution in [1.82, 2.24) is 4.90 Å². The Morgan fingerprint density at radius 2 is 1.09 bits per heavy atom. The van der Waals surface area contributed by atoms with Gasteiger partial charge in [0.25, 0.3) is 5.91 Å². The van der Waals surface area contributed by atoms with Gasteiger partial charge in [-0.1, -0.05) is 108 Å². The summed E-state index contributed by atoms with van der Waals surface area (Å²) in [5.41, 5.74) is 5.56. The molecule has 2 aromatic carbocycles. The van der Waals surface area contributed by atoms with Crippen LogP contribution in [0, 0.1) is 11.8 Å². The molecule has 2 aliphatic carbocycles. The molecular formula is C59H79NO9S. The van der Waals surface area contributed by atoms with Crippen LogP contribution in [0.15, 0.2) is 145 Å². The van der Waals surface area contributed by atoms with Crippen LogP contribution in [0.3, 0.4) is 0 Å². The van der Waals surface area contributed by atoms with E-state index in [1.165, 1.54) is 11.8 Å². The predicted molar refractivity (Wildman–Crippen MR) is 284 cm³/mol. The zero-order chi connectivity index (χ0) is 50.4. The van der Waals surface area contributed by atoms with E-state index in [4.69, 9.17) is 9.47 Å². The molecule has 380 valence electrons. The van der Waals surface area contributed by atoms with Crippen LogP contribution in [0.25, 0.3) is 11.1 Å². The molecule has 70 heavy (non-hydrogen) atoms. The first-order chi connectivity index (χ1) is 33.7. The maximum atomic E-state index is 13.7. The van der Waals surface area contributed by atoms with Crippen LogP contribution in [0.5, 0.6) is 0 Å². The average molecular weight is 978 g/mol. The lowest BCUT2D eigenvalue weighted by atomic mass is 9.83. The Balaban J connectivity index is 0.000000265. The van der Waals surface area contributed by atoms with Gasteiger partial charge in [0.1, 0.15) is 11.5 Å². The Kier molecular flexibility index (Phi) is 23.7. The number of carbonyl (C=O) groups is 2. The predicted octanol–water partition coefficient (Wildman–Crippen LogP) is 10.6. The second-order valence-corrected chi connectivity index (χ2v) is 20.5. The molecule has 5 N–H and O–H groups in total. The highest BCUT2D eigenvalue weighted by Gasteiger charge is 2.39. The Morgan fingerprint density at radius 1 is 0.614 bits per heavy atom. The lowest BCUT2D eigenvalue weighted by Crippen LogP contribution is -2.51. The summed E-state index contributed by atoms with van der Waals surface area (Å²) in [4.78, 5) is 28.2. The summed E-state index contributed by atoms with van der Waals surface area (Å²) in [6.07, 6.45) is 23.8. The van der Waals surface area contributed by atoms with E-state index < -0.39 is 24.4 Å². The van der Waals surface area contributed by atoms with Crippen LogP contribution < -0.4 is 0 Å². The Hall–Kier alpha value is -4.75. The van der Waals surface area contributed by atoms with Crippen molar-refractivity contribution < 1.29 is 44.6 Å². The summed E-state index contributed by atoms with van der Waals surface area (Å²) < 4.78 is 11.9. The third-order valence-corrected chi connectivity index (χ3v) is 14.4. The second-order valence-electron chi connectivity index (χ2n) is 19.3. The molecule has 1 amide bonds. The topological polar surface area (TPSA) is 157 Å². The number of rotatable bonds is 28. The largest absolute Gasteiger partial charge is 0.494 e. The van der Waals surface area contributed by atoms with Crippen molar-refractivity contribution in [3.05, 3.63) is 156 Å². The standard InChI is InChI=1S/C32H45NO5.C27H34O4S/c1-23(2)11-9-16-31(36)30(35)15-7-8-20-38-27-18-17-26-21-28(25-13-5-4-6-14-25)32(37)33(29(26)22-27)24(3)12-10-19-34;1-19(2)9-8-13-25(29)24(28)12-6-7-16-31-22-15-14-21-17-23(20-10-4-3-5-11-20)27(30)32-26(21)18-22/h4-6,13-14,17-18,21-22,24,26,29-31,34-36H,1,7-12,15-16,19-20H2,2-3H3;3-5,10-11,14-15,17-18,21,24-26,28-29H,1,6-9,12-13,16H2,2H3. The van der Waals surface area contributed by atoms with Gasteiger partial charge < -0.3 is 39.9 Å². The first-order valence-corrected chi connectivity index (χ1v) is 26.4. The van der Waals surface area contributed by atoms with Crippen molar-refractivity contribution in [1.29, 1.82) is 0 Å². The second kappa shape index (κ2) is 29.6. The number of carbonyl (C=O) groups excluding carboxylic acids is 2. The molecule has 0 spiro atoms. The highest BCUT2D eigenvalue weighted by atomic mass is 32.2. The number of unbranched alkanes of at least 4 members (excludes halogenated alkanes) is 2. The van der Waals surface area contributed by atoms with E-state index in [9.17, 15) is 35.1 Å². The first-order valence-electron chi connectivity index (χ1n) is 25.5. The van der Waals surface area contributed by atoms with Crippen LogP contribution >= 0.6 is 11.8 Å². The average Bonchev–Trinajstić information content (AvgIpc) is 3.35. The lowest BCUT2D eigenvalue weighted by Gasteiger charge is -2.43. The Morgan fingerprint density at radius 3 is 1.60 bits per heavy atom. The van der Waals surface area contributed by atoms with Gasteiger partial charge in [0, 0.05) is 40.9 Å². The van der Waals surface area contributed by atoms with Gasteiger partial charge in [-0.3, -0.25) is 9.59 Å². The molecule has 2 heterocycles. The van der Waals surface area contributed by atoms with Gasteiger partial charge in [0.2, 0.25) is 5.12 Å². The van der Waals surface area contributed by atoms with E-state index in [0.29, 0.717) is 50.9 Å². The number of hydrogen-bond donors (Lipinski definition) is 5. The van der Waals surface area contributed by atoms with E-state index in [0.717, 1.165) is 97.2 Å². The van der Waals surface area contributed by atoms with E-state index in [1.807, 2.05) is 111 Å². The van der Waals surface area contributed by atoms with E-state index in [2.05, 4.69) is 37.5 Å². The number of nitrogens with zero attached hydrogens (tertiary/aromatic N) is 1. The minimum absolute atomic E-state index is 0.00425. The van der Waals surface area contributed by atoms with Crippen molar-refractivity contribution in [2.45, 2.75) is 152 Å². The van der Waals surface area contributed by atoms with Crippen LogP contribution in [0.2, 0.25) is 0 Å². The number of benzene rings is 2. The van der Waals surface area contributed by atoms with Gasteiger partial charge in [-0.25, -0.2) is 0 Å². The van der Waals surface area contributed by atoms with E-state index >= 15 is 0 Å². The molecule has 0 saturated heterocycles. The Labute approximate surface area is 422 Å². The van der Waals surface area contributed by atoms with E-state index in [1.54, 1.807) is 0 Å². The molecule has 9 unspecified atom stereocenters. The molecule has 10 nitrogen and oxygen atoms in total. The quantitative estimate of drug-likeness (QED) is 0.0411. The van der Waals surface area contributed by atoms with Crippen molar-refractivity contribution >= 4 is 33.9 Å². The molecule has 6 rings (SSSR count). The normalized spacial score (nSPS) is 21.6. The number of aliphatic hydroxyl groups excluding tert-OH is 5. The lowest BCUT2D eigenvalue weighted by molar-refractivity contribution is -0.130. The fraction of sp³-hybridized carbons (Fsp3) is 0.492. The first kappa shape index (κ1) is 56.2. The maximum absolute atomic E-state index is 13.7. The highest BCUT2D eigenvalue weighted by Crippen LogP contribution is 2.40. The SMILES string of the molecule is C=C(C)CCCC(O)C(O)CCCCOC1=CC2C(C=C1)C=C(c1ccccc1)C(=O)N2C(C)CCCO.C=C(C)CCCC(O)C(O)CCCCOC1=CC2SC(=O)C(c3ccccc3)=CC2C=C1. The van der Waals surface area contributed by atoms with Crippen LogP contribution in [0.1, 0.15) is 122 Å². The highest BCUT2D eigenvalue weighted by molar-refractivity contribution is 8.15. The van der Waals surface area contributed by atoms with Crippen LogP contribution in [-0.4, -0.2) is 103 Å². The fourth-order valence-electron chi connectivity index (χ4n) is 9.14. The number of hydrogen-bond acceptors (Lipinski definition) is 10. The van der Waals surface area contributed by atoms with E-state index in [-0.39, 0.29) is 46.8 Å². The number of thioether (sulfide) groups is 1. The summed E-state index contributed by atoms with van der Waals surface area (Å²) in [6.45, 7) is 14.9. The summed E-state index contributed by atoms with van der Waals surface area (Å²) in [5, 5.41) is 50.1. The van der Waals surface area contributed by atoms with Gasteiger partial charge in [0.05, 0.1) is 43.7 Å². The number of aliphatic hydroxyl groups is 5. The van der Waals surface area contributed by atoms with Crippen molar-refractivity contribution in [3.63, 3.8) is 0 Å². The monoisotopic (exact) mass is 978 g/mol. The number of ether oxygens (including phenoxy) is 2. The molecule has 11 heteroatoms. The number of allylic oxidation sites excluding steroid dienone is 6. The summed E-state index contributed by atoms with van der Waals surface area (Å²) >= 11 is 1.35.